The summed E-state index contributed by atoms with van der Waals surface area (Å²) in [6.45, 7) is 6.53. The molecule has 2 heterocycles. The zero-order valence-electron chi connectivity index (χ0n) is 13.1. The number of hydrogen-bond donors (Lipinski definition) is 1. The van der Waals surface area contributed by atoms with Crippen molar-refractivity contribution in [2.24, 2.45) is 11.7 Å². The largest absolute Gasteiger partial charge is 0.476 e. The summed E-state index contributed by atoms with van der Waals surface area (Å²) < 4.78 is 5.68. The molecule has 22 heavy (non-hydrogen) atoms. The summed E-state index contributed by atoms with van der Waals surface area (Å²) in [7, 11) is 0. The van der Waals surface area contributed by atoms with E-state index >= 15 is 0 Å². The molecule has 0 spiro atoms. The Morgan fingerprint density at radius 1 is 1.23 bits per heavy atom. The predicted octanol–water partition coefficient (Wildman–Crippen LogP) is 3.25. The molecular formula is C16H21ClN4O. The molecule has 0 aliphatic heterocycles. The molecule has 0 radical (unpaired) electrons. The smallest absolute Gasteiger partial charge is 0.232 e. The fourth-order valence-electron chi connectivity index (χ4n) is 2.21. The molecule has 118 valence electrons. The molecule has 5 nitrogen and oxygen atoms in total. The lowest BCUT2D eigenvalue weighted by Gasteiger charge is -2.15. The first-order valence-corrected chi connectivity index (χ1v) is 7.66. The first-order valence-electron chi connectivity index (χ1n) is 7.28. The molecule has 2 N–H and O–H groups in total. The highest BCUT2D eigenvalue weighted by atomic mass is 35.5. The van der Waals surface area contributed by atoms with Gasteiger partial charge in [0.25, 0.3) is 0 Å². The highest BCUT2D eigenvalue weighted by Crippen LogP contribution is 2.27. The van der Waals surface area contributed by atoms with E-state index in [1.165, 1.54) is 6.33 Å². The second-order valence-corrected chi connectivity index (χ2v) is 6.09. The first-order chi connectivity index (χ1) is 10.5. The quantitative estimate of drug-likeness (QED) is 0.884. The van der Waals surface area contributed by atoms with E-state index < -0.39 is 0 Å². The molecule has 2 unspecified atom stereocenters. The average molecular weight is 321 g/mol. The second-order valence-electron chi connectivity index (χ2n) is 5.68. The molecule has 2 rings (SSSR count). The molecule has 0 aliphatic carbocycles. The van der Waals surface area contributed by atoms with Gasteiger partial charge in [-0.05, 0) is 38.3 Å². The van der Waals surface area contributed by atoms with Gasteiger partial charge in [0.05, 0.1) is 12.3 Å². The number of hydrogen-bond acceptors (Lipinski definition) is 5. The van der Waals surface area contributed by atoms with Gasteiger partial charge >= 0.3 is 0 Å². The van der Waals surface area contributed by atoms with Gasteiger partial charge in [0.15, 0.2) is 0 Å². The number of ether oxygens (including phenoxy) is 1. The van der Waals surface area contributed by atoms with Crippen molar-refractivity contribution in [3.8, 4) is 17.1 Å². The van der Waals surface area contributed by atoms with Gasteiger partial charge in [-0.1, -0.05) is 18.5 Å². The summed E-state index contributed by atoms with van der Waals surface area (Å²) in [6, 6.07) is 3.85. The van der Waals surface area contributed by atoms with Gasteiger partial charge in [-0.3, -0.25) is 0 Å². The van der Waals surface area contributed by atoms with E-state index in [0.717, 1.165) is 23.4 Å². The molecule has 6 heteroatoms. The molecule has 2 aromatic heterocycles. The van der Waals surface area contributed by atoms with E-state index in [4.69, 9.17) is 22.1 Å². The fraction of sp³-hybridized carbons (Fsp3) is 0.438. The van der Waals surface area contributed by atoms with Crippen LogP contribution in [0.5, 0.6) is 5.88 Å². The van der Waals surface area contributed by atoms with Crippen molar-refractivity contribution < 1.29 is 4.74 Å². The van der Waals surface area contributed by atoms with Crippen molar-refractivity contribution in [3.63, 3.8) is 0 Å². The average Bonchev–Trinajstić information content (AvgIpc) is 2.45. The van der Waals surface area contributed by atoms with Crippen LogP contribution in [0.2, 0.25) is 5.02 Å². The molecule has 0 aliphatic rings. The van der Waals surface area contributed by atoms with Crippen molar-refractivity contribution >= 4 is 11.6 Å². The van der Waals surface area contributed by atoms with Crippen molar-refractivity contribution in [3.05, 3.63) is 35.4 Å². The van der Waals surface area contributed by atoms with Gasteiger partial charge in [-0.15, -0.1) is 0 Å². The summed E-state index contributed by atoms with van der Waals surface area (Å²) in [5.74, 6) is 0.787. The van der Waals surface area contributed by atoms with E-state index in [1.54, 1.807) is 6.20 Å². The summed E-state index contributed by atoms with van der Waals surface area (Å²) >= 11 is 6.25. The van der Waals surface area contributed by atoms with Crippen molar-refractivity contribution in [2.45, 2.75) is 33.2 Å². The van der Waals surface area contributed by atoms with Crippen LogP contribution in [0.4, 0.5) is 0 Å². The Morgan fingerprint density at radius 3 is 2.64 bits per heavy atom. The molecule has 0 saturated carbocycles. The molecule has 0 fully saturated rings. The van der Waals surface area contributed by atoms with Crippen molar-refractivity contribution in [1.82, 2.24) is 15.0 Å². The minimum Gasteiger partial charge on any atom is -0.476 e. The minimum atomic E-state index is 0.158. The van der Waals surface area contributed by atoms with Crippen LogP contribution in [0.3, 0.4) is 0 Å². The molecule has 0 amide bonds. The number of aromatic nitrogens is 3. The number of nitrogens with two attached hydrogens (primary N) is 1. The van der Waals surface area contributed by atoms with E-state index in [-0.39, 0.29) is 6.04 Å². The number of nitrogens with zero attached hydrogens (tertiary/aromatic N) is 3. The SMILES string of the molecule is Cc1cc(-c2cnc(OCC(C)CC(C)N)c(Cl)c2)ncn1. The topological polar surface area (TPSA) is 73.9 Å². The summed E-state index contributed by atoms with van der Waals surface area (Å²) in [6.07, 6.45) is 4.13. The van der Waals surface area contributed by atoms with Crippen LogP contribution < -0.4 is 10.5 Å². The van der Waals surface area contributed by atoms with Gasteiger partial charge in [-0.25, -0.2) is 15.0 Å². The zero-order valence-corrected chi connectivity index (χ0v) is 13.8. The molecule has 2 atom stereocenters. The fourth-order valence-corrected chi connectivity index (χ4v) is 2.43. The van der Waals surface area contributed by atoms with E-state index in [0.29, 0.717) is 23.4 Å². The molecular weight excluding hydrogens is 300 g/mol. The Labute approximate surface area is 135 Å². The maximum Gasteiger partial charge on any atom is 0.232 e. The maximum atomic E-state index is 6.25. The van der Waals surface area contributed by atoms with Crippen LogP contribution in [-0.4, -0.2) is 27.6 Å². The van der Waals surface area contributed by atoms with Crippen LogP contribution in [0.1, 0.15) is 26.0 Å². The summed E-state index contributed by atoms with van der Waals surface area (Å²) in [5.41, 5.74) is 8.30. The van der Waals surface area contributed by atoms with Crippen LogP contribution >= 0.6 is 11.6 Å². The number of halogens is 1. The predicted molar refractivity (Wildman–Crippen MR) is 87.9 cm³/mol. The number of aryl methyl sites for hydroxylation is 1. The maximum absolute atomic E-state index is 6.25. The second kappa shape index (κ2) is 7.51. The third kappa shape index (κ3) is 4.64. The molecule has 2 aromatic rings. The third-order valence-corrected chi connectivity index (χ3v) is 3.46. The highest BCUT2D eigenvalue weighted by Gasteiger charge is 2.11. The van der Waals surface area contributed by atoms with Crippen LogP contribution in [0.15, 0.2) is 24.7 Å². The van der Waals surface area contributed by atoms with E-state index in [2.05, 4.69) is 21.9 Å². The zero-order chi connectivity index (χ0) is 16.1. The highest BCUT2D eigenvalue weighted by molar-refractivity contribution is 6.32. The first kappa shape index (κ1) is 16.6. The van der Waals surface area contributed by atoms with Crippen LogP contribution in [-0.2, 0) is 0 Å². The van der Waals surface area contributed by atoms with Crippen molar-refractivity contribution in [1.29, 1.82) is 0 Å². The number of pyridine rings is 1. The number of rotatable bonds is 6. The lowest BCUT2D eigenvalue weighted by Crippen LogP contribution is -2.21. The van der Waals surface area contributed by atoms with Gasteiger partial charge in [0.2, 0.25) is 5.88 Å². The molecule has 0 aromatic carbocycles. The Hall–Kier alpha value is -1.72. The summed E-state index contributed by atoms with van der Waals surface area (Å²) in [5, 5.41) is 0.474. The lowest BCUT2D eigenvalue weighted by atomic mass is 10.1. The minimum absolute atomic E-state index is 0.158. The van der Waals surface area contributed by atoms with Gasteiger partial charge in [0.1, 0.15) is 11.3 Å². The van der Waals surface area contributed by atoms with Crippen LogP contribution in [0.25, 0.3) is 11.3 Å². The Bertz CT molecular complexity index is 633. The van der Waals surface area contributed by atoms with E-state index in [9.17, 15) is 0 Å². The molecule has 0 saturated heterocycles. The van der Waals surface area contributed by atoms with Gasteiger partial charge in [0, 0.05) is 23.5 Å². The van der Waals surface area contributed by atoms with Gasteiger partial charge in [-0.2, -0.15) is 0 Å². The van der Waals surface area contributed by atoms with E-state index in [1.807, 2.05) is 26.0 Å². The monoisotopic (exact) mass is 320 g/mol. The third-order valence-electron chi connectivity index (χ3n) is 3.19. The Balaban J connectivity index is 2.07. The lowest BCUT2D eigenvalue weighted by molar-refractivity contribution is 0.238. The normalized spacial score (nSPS) is 13.7. The summed E-state index contributed by atoms with van der Waals surface area (Å²) in [4.78, 5) is 12.6. The standard InChI is InChI=1S/C16H21ClN4O/c1-10(4-11(2)18)8-22-16-14(17)6-13(7-19-16)15-5-12(3)20-9-21-15/h5-7,9-11H,4,8,18H2,1-3H3. The Kier molecular flexibility index (Phi) is 5.69. The van der Waals surface area contributed by atoms with Crippen LogP contribution in [0, 0.1) is 12.8 Å². The Morgan fingerprint density at radius 2 is 2.00 bits per heavy atom. The van der Waals surface area contributed by atoms with Gasteiger partial charge < -0.3 is 10.5 Å². The van der Waals surface area contributed by atoms with Crippen molar-refractivity contribution in [2.75, 3.05) is 6.61 Å². The molecule has 0 bridgehead atoms.